The molecule has 0 atom stereocenters. The third-order valence-electron chi connectivity index (χ3n) is 4.05. The van der Waals surface area contributed by atoms with Crippen molar-refractivity contribution in [3.63, 3.8) is 0 Å². The van der Waals surface area contributed by atoms with E-state index in [1.54, 1.807) is 0 Å². The van der Waals surface area contributed by atoms with Crippen LogP contribution in [0.15, 0.2) is 0 Å². The summed E-state index contributed by atoms with van der Waals surface area (Å²) in [4.78, 5) is 0. The smallest absolute Gasteiger partial charge is 0.00494 e. The highest BCUT2D eigenvalue weighted by atomic mass is 14.7. The van der Waals surface area contributed by atoms with E-state index in [4.69, 9.17) is 5.73 Å². The van der Waals surface area contributed by atoms with Crippen molar-refractivity contribution in [3.8, 4) is 0 Å². The molecule has 1 spiro atoms. The molecule has 1 nitrogen and oxygen atoms in total. The molecule has 2 saturated carbocycles. The predicted octanol–water partition coefficient (Wildman–Crippen LogP) is 2.69. The van der Waals surface area contributed by atoms with E-state index < -0.39 is 0 Å². The van der Waals surface area contributed by atoms with Gasteiger partial charge in [0.2, 0.25) is 0 Å². The minimum Gasteiger partial charge on any atom is -0.328 e. The molecule has 0 amide bonds. The third kappa shape index (κ3) is 1.39. The van der Waals surface area contributed by atoms with Gasteiger partial charge in [-0.2, -0.15) is 0 Å². The fraction of sp³-hybridized carbons (Fsp3) is 1.00. The normalized spacial score (nSPS) is 33.2. The van der Waals surface area contributed by atoms with Crippen molar-refractivity contribution in [2.45, 2.75) is 58.4 Å². The first-order chi connectivity index (χ1) is 5.52. The summed E-state index contributed by atoms with van der Waals surface area (Å²) >= 11 is 0. The second kappa shape index (κ2) is 2.47. The lowest BCUT2D eigenvalue weighted by Gasteiger charge is -2.52. The van der Waals surface area contributed by atoms with Crippen molar-refractivity contribution >= 4 is 0 Å². The summed E-state index contributed by atoms with van der Waals surface area (Å²) in [6, 6.07) is 0.534. The highest BCUT2D eigenvalue weighted by molar-refractivity contribution is 4.99. The first kappa shape index (κ1) is 8.55. The molecule has 0 aromatic carbocycles. The Morgan fingerprint density at radius 3 is 1.92 bits per heavy atom. The molecule has 2 N–H and O–H groups in total. The van der Waals surface area contributed by atoms with Crippen LogP contribution in [0, 0.1) is 10.8 Å². The largest absolute Gasteiger partial charge is 0.328 e. The van der Waals surface area contributed by atoms with Gasteiger partial charge in [0.25, 0.3) is 0 Å². The first-order valence-corrected chi connectivity index (χ1v) is 5.27. The van der Waals surface area contributed by atoms with Crippen molar-refractivity contribution in [1.82, 2.24) is 0 Å². The Kier molecular flexibility index (Phi) is 1.76. The van der Waals surface area contributed by atoms with Gasteiger partial charge in [-0.25, -0.2) is 0 Å². The van der Waals surface area contributed by atoms with E-state index in [0.717, 1.165) is 0 Å². The Morgan fingerprint density at radius 2 is 1.50 bits per heavy atom. The standard InChI is InChI=1S/C11H21N/c1-10(2)3-5-11(6-4-10)7-9(12)8-11/h9H,3-8,12H2,1-2H3. The summed E-state index contributed by atoms with van der Waals surface area (Å²) in [6.07, 6.45) is 8.33. The lowest BCUT2D eigenvalue weighted by Crippen LogP contribution is -2.48. The van der Waals surface area contributed by atoms with Crippen LogP contribution >= 0.6 is 0 Å². The van der Waals surface area contributed by atoms with Crippen molar-refractivity contribution in [1.29, 1.82) is 0 Å². The Morgan fingerprint density at radius 1 is 1.00 bits per heavy atom. The molecule has 2 fully saturated rings. The van der Waals surface area contributed by atoms with Gasteiger partial charge in [0, 0.05) is 6.04 Å². The van der Waals surface area contributed by atoms with Gasteiger partial charge < -0.3 is 5.73 Å². The summed E-state index contributed by atoms with van der Waals surface area (Å²) in [5, 5.41) is 0. The summed E-state index contributed by atoms with van der Waals surface area (Å²) in [5.74, 6) is 0. The van der Waals surface area contributed by atoms with E-state index in [1.807, 2.05) is 0 Å². The molecule has 0 aliphatic heterocycles. The Labute approximate surface area is 75.7 Å². The van der Waals surface area contributed by atoms with Crippen LogP contribution in [0.4, 0.5) is 0 Å². The van der Waals surface area contributed by atoms with Gasteiger partial charge >= 0.3 is 0 Å². The highest BCUT2D eigenvalue weighted by Crippen LogP contribution is 2.54. The average Bonchev–Trinajstić information content (AvgIpc) is 1.92. The highest BCUT2D eigenvalue weighted by Gasteiger charge is 2.45. The summed E-state index contributed by atoms with van der Waals surface area (Å²) in [5.41, 5.74) is 7.17. The topological polar surface area (TPSA) is 26.0 Å². The Balaban J connectivity index is 1.91. The summed E-state index contributed by atoms with van der Waals surface area (Å²) in [7, 11) is 0. The lowest BCUT2D eigenvalue weighted by atomic mass is 9.55. The second-order valence-electron chi connectivity index (χ2n) is 5.83. The van der Waals surface area contributed by atoms with Crippen LogP contribution in [0.3, 0.4) is 0 Å². The van der Waals surface area contributed by atoms with E-state index in [2.05, 4.69) is 13.8 Å². The minimum atomic E-state index is 0.534. The van der Waals surface area contributed by atoms with Crippen LogP contribution in [-0.2, 0) is 0 Å². The van der Waals surface area contributed by atoms with Crippen molar-refractivity contribution in [2.75, 3.05) is 0 Å². The predicted molar refractivity (Wildman–Crippen MR) is 51.9 cm³/mol. The van der Waals surface area contributed by atoms with Crippen LogP contribution in [-0.4, -0.2) is 6.04 Å². The lowest BCUT2D eigenvalue weighted by molar-refractivity contribution is 0.0134. The van der Waals surface area contributed by atoms with Crippen LogP contribution in [0.25, 0.3) is 0 Å². The molecule has 0 heterocycles. The van der Waals surface area contributed by atoms with Gasteiger partial charge in [-0.1, -0.05) is 13.8 Å². The molecule has 0 aromatic heterocycles. The molecule has 0 unspecified atom stereocenters. The number of hydrogen-bond acceptors (Lipinski definition) is 1. The monoisotopic (exact) mass is 167 g/mol. The van der Waals surface area contributed by atoms with Gasteiger partial charge in [-0.3, -0.25) is 0 Å². The summed E-state index contributed by atoms with van der Waals surface area (Å²) < 4.78 is 0. The van der Waals surface area contributed by atoms with Crippen LogP contribution in [0.2, 0.25) is 0 Å². The van der Waals surface area contributed by atoms with E-state index in [9.17, 15) is 0 Å². The van der Waals surface area contributed by atoms with Crippen molar-refractivity contribution in [2.24, 2.45) is 16.6 Å². The van der Waals surface area contributed by atoms with Crippen molar-refractivity contribution in [3.05, 3.63) is 0 Å². The molecule has 1 heteroatoms. The van der Waals surface area contributed by atoms with E-state index in [1.165, 1.54) is 38.5 Å². The molecular formula is C11H21N. The maximum absolute atomic E-state index is 5.85. The maximum atomic E-state index is 5.85. The van der Waals surface area contributed by atoms with Gasteiger partial charge in [-0.05, 0) is 49.4 Å². The molecule has 70 valence electrons. The molecule has 2 aliphatic rings. The van der Waals surface area contributed by atoms with Gasteiger partial charge in [0.05, 0.1) is 0 Å². The maximum Gasteiger partial charge on any atom is 0.00494 e. The molecule has 0 radical (unpaired) electrons. The minimum absolute atomic E-state index is 0.534. The molecule has 2 aliphatic carbocycles. The first-order valence-electron chi connectivity index (χ1n) is 5.27. The van der Waals surface area contributed by atoms with E-state index in [-0.39, 0.29) is 0 Å². The molecule has 2 rings (SSSR count). The molecule has 12 heavy (non-hydrogen) atoms. The average molecular weight is 167 g/mol. The third-order valence-corrected chi connectivity index (χ3v) is 4.05. The number of rotatable bonds is 0. The number of nitrogens with two attached hydrogens (primary N) is 1. The second-order valence-corrected chi connectivity index (χ2v) is 5.83. The summed E-state index contributed by atoms with van der Waals surface area (Å²) in [6.45, 7) is 4.80. The van der Waals surface area contributed by atoms with Gasteiger partial charge in [0.15, 0.2) is 0 Å². The number of hydrogen-bond donors (Lipinski definition) is 1. The Hall–Kier alpha value is -0.0400. The fourth-order valence-corrected chi connectivity index (χ4v) is 2.92. The van der Waals surface area contributed by atoms with Crippen LogP contribution in [0.1, 0.15) is 52.4 Å². The molecular weight excluding hydrogens is 146 g/mol. The zero-order valence-electron chi connectivity index (χ0n) is 8.40. The zero-order chi connectivity index (χ0) is 8.82. The quantitative estimate of drug-likeness (QED) is 0.590. The zero-order valence-corrected chi connectivity index (χ0v) is 8.40. The van der Waals surface area contributed by atoms with E-state index >= 15 is 0 Å². The van der Waals surface area contributed by atoms with Crippen LogP contribution in [0.5, 0.6) is 0 Å². The van der Waals surface area contributed by atoms with E-state index in [0.29, 0.717) is 16.9 Å². The van der Waals surface area contributed by atoms with Crippen molar-refractivity contribution < 1.29 is 0 Å². The van der Waals surface area contributed by atoms with Gasteiger partial charge in [-0.15, -0.1) is 0 Å². The van der Waals surface area contributed by atoms with Crippen LogP contribution < -0.4 is 5.73 Å². The molecule has 0 bridgehead atoms. The fourth-order valence-electron chi connectivity index (χ4n) is 2.92. The SMILES string of the molecule is CC1(C)CCC2(CC1)CC(N)C2. The molecule has 0 saturated heterocycles. The van der Waals surface area contributed by atoms with Gasteiger partial charge in [0.1, 0.15) is 0 Å². The Bertz CT molecular complexity index is 165. The molecule has 0 aromatic rings.